The largest absolute Gasteiger partial charge is 0.310 e. The summed E-state index contributed by atoms with van der Waals surface area (Å²) >= 11 is 0. The number of anilines is 6. The molecule has 65 heavy (non-hydrogen) atoms. The molecule has 0 unspecified atom stereocenters. The number of rotatable bonds is 10. The van der Waals surface area contributed by atoms with E-state index in [-0.39, 0.29) is 5.41 Å². The standard InChI is InChI=1S/C63H62N2/c1-39(2)43-15-24-48(25-16-43)64(49-26-17-44(18-27-49)40(3)4)52-32-35-54-47(37-52)23-34-58-60-56-14-12-11-13-55(56)59-38-53(33-36-57(59)62(60)63(9,10)61(54)58)65(50-28-19-45(20-29-50)41(5)6)51-30-21-46(22-31-51)42(7)8/h11-42H,1-10H3. The molecule has 0 bridgehead atoms. The molecule has 0 radical (unpaired) electrons. The molecular weight excluding hydrogens is 785 g/mol. The summed E-state index contributed by atoms with van der Waals surface area (Å²) in [6, 6.07) is 64.8. The Hall–Kier alpha value is -6.64. The van der Waals surface area contributed by atoms with E-state index in [9.17, 15) is 0 Å². The SMILES string of the molecule is CC(C)c1ccc(N(c2ccc(C(C)C)cc2)c2ccc3c4c(ccc3c2)-c2c(c3ccc(N(c5ccc(C(C)C)cc5)c5ccc(C(C)C)cc5)cc3c3ccccc23)C4(C)C)cc1. The van der Waals surface area contributed by atoms with Crippen LogP contribution >= 0.6 is 0 Å². The van der Waals surface area contributed by atoms with E-state index in [0.29, 0.717) is 23.7 Å². The first-order valence-electron chi connectivity index (χ1n) is 23.9. The fraction of sp³-hybridized carbons (Fsp3) is 0.238. The minimum absolute atomic E-state index is 0.256. The van der Waals surface area contributed by atoms with Crippen LogP contribution in [0.25, 0.3) is 43.4 Å². The highest BCUT2D eigenvalue weighted by molar-refractivity contribution is 6.20. The monoisotopic (exact) mass is 846 g/mol. The molecule has 0 aromatic heterocycles. The first-order valence-corrected chi connectivity index (χ1v) is 23.9. The molecule has 2 heteroatoms. The molecule has 10 rings (SSSR count). The Bertz CT molecular complexity index is 3100. The summed E-state index contributed by atoms with van der Waals surface area (Å²) < 4.78 is 0. The molecule has 0 heterocycles. The van der Waals surface area contributed by atoms with Gasteiger partial charge in [-0.05, 0) is 173 Å². The van der Waals surface area contributed by atoms with Crippen molar-refractivity contribution in [3.63, 3.8) is 0 Å². The van der Waals surface area contributed by atoms with Gasteiger partial charge in [0.1, 0.15) is 0 Å². The second-order valence-corrected chi connectivity index (χ2v) is 20.2. The van der Waals surface area contributed by atoms with Gasteiger partial charge in [-0.15, -0.1) is 0 Å². The zero-order chi connectivity index (χ0) is 45.3. The molecule has 2 nitrogen and oxygen atoms in total. The van der Waals surface area contributed by atoms with Crippen molar-refractivity contribution >= 4 is 66.4 Å². The Kier molecular flexibility index (Phi) is 10.7. The van der Waals surface area contributed by atoms with E-state index >= 15 is 0 Å². The minimum atomic E-state index is -0.256. The molecule has 0 spiro atoms. The van der Waals surface area contributed by atoms with Gasteiger partial charge >= 0.3 is 0 Å². The van der Waals surface area contributed by atoms with Crippen LogP contribution in [0.5, 0.6) is 0 Å². The highest BCUT2D eigenvalue weighted by Gasteiger charge is 2.40. The van der Waals surface area contributed by atoms with E-state index in [0.717, 1.165) is 34.1 Å². The smallest absolute Gasteiger partial charge is 0.0468 e. The highest BCUT2D eigenvalue weighted by Crippen LogP contribution is 2.57. The summed E-state index contributed by atoms with van der Waals surface area (Å²) in [6.07, 6.45) is 0. The summed E-state index contributed by atoms with van der Waals surface area (Å²) in [5.74, 6) is 1.89. The lowest BCUT2D eigenvalue weighted by molar-refractivity contribution is 0.672. The van der Waals surface area contributed by atoms with Crippen LogP contribution in [0, 0.1) is 0 Å². The van der Waals surface area contributed by atoms with Crippen molar-refractivity contribution in [3.8, 4) is 11.1 Å². The van der Waals surface area contributed by atoms with Crippen molar-refractivity contribution in [3.05, 3.63) is 203 Å². The van der Waals surface area contributed by atoms with E-state index < -0.39 is 0 Å². The molecule has 0 aliphatic heterocycles. The van der Waals surface area contributed by atoms with Crippen LogP contribution < -0.4 is 9.80 Å². The van der Waals surface area contributed by atoms with Gasteiger partial charge in [0.05, 0.1) is 0 Å². The van der Waals surface area contributed by atoms with Crippen molar-refractivity contribution < 1.29 is 0 Å². The normalized spacial score (nSPS) is 13.1. The van der Waals surface area contributed by atoms with E-state index in [4.69, 9.17) is 0 Å². The average molecular weight is 847 g/mol. The molecule has 9 aromatic carbocycles. The fourth-order valence-corrected chi connectivity index (χ4v) is 10.6. The van der Waals surface area contributed by atoms with Gasteiger partial charge in [0.2, 0.25) is 0 Å². The van der Waals surface area contributed by atoms with Gasteiger partial charge in [0, 0.05) is 39.5 Å². The van der Waals surface area contributed by atoms with Crippen molar-refractivity contribution in [1.29, 1.82) is 0 Å². The Morgan fingerprint density at radius 1 is 0.323 bits per heavy atom. The second kappa shape index (κ2) is 16.4. The first-order chi connectivity index (χ1) is 31.3. The van der Waals surface area contributed by atoms with Gasteiger partial charge in [0.15, 0.2) is 0 Å². The quantitative estimate of drug-likeness (QED) is 0.127. The summed E-state index contributed by atoms with van der Waals surface area (Å²) in [6.45, 7) is 23.0. The zero-order valence-electron chi connectivity index (χ0n) is 39.9. The summed E-state index contributed by atoms with van der Waals surface area (Å²) in [7, 11) is 0. The number of hydrogen-bond donors (Lipinski definition) is 0. The van der Waals surface area contributed by atoms with Crippen LogP contribution in [0.2, 0.25) is 0 Å². The molecule has 324 valence electrons. The van der Waals surface area contributed by atoms with E-state index in [1.54, 1.807) is 0 Å². The van der Waals surface area contributed by atoms with Crippen molar-refractivity contribution in [2.45, 2.75) is 98.3 Å². The molecule has 0 saturated carbocycles. The van der Waals surface area contributed by atoms with Crippen molar-refractivity contribution in [2.75, 3.05) is 9.80 Å². The molecule has 1 aliphatic carbocycles. The summed E-state index contributed by atoms with van der Waals surface area (Å²) in [4.78, 5) is 4.85. The van der Waals surface area contributed by atoms with Crippen LogP contribution in [0.3, 0.4) is 0 Å². The predicted octanol–water partition coefficient (Wildman–Crippen LogP) is 18.9. The Morgan fingerprint density at radius 2 is 0.708 bits per heavy atom. The predicted molar refractivity (Wildman–Crippen MR) is 282 cm³/mol. The number of nitrogens with zero attached hydrogens (tertiary/aromatic N) is 2. The van der Waals surface area contributed by atoms with Crippen LogP contribution in [-0.2, 0) is 5.41 Å². The maximum Gasteiger partial charge on any atom is 0.0468 e. The van der Waals surface area contributed by atoms with Gasteiger partial charge in [-0.1, -0.05) is 166 Å². The average Bonchev–Trinajstić information content (AvgIpc) is 3.56. The van der Waals surface area contributed by atoms with E-state index in [1.807, 2.05) is 0 Å². The minimum Gasteiger partial charge on any atom is -0.310 e. The lowest BCUT2D eigenvalue weighted by Gasteiger charge is -2.29. The van der Waals surface area contributed by atoms with Crippen LogP contribution in [0.4, 0.5) is 34.1 Å². The Morgan fingerprint density at radius 3 is 1.14 bits per heavy atom. The van der Waals surface area contributed by atoms with E-state index in [2.05, 4.69) is 249 Å². The maximum absolute atomic E-state index is 2.45. The summed E-state index contributed by atoms with van der Waals surface area (Å²) in [5.41, 5.74) is 17.6. The number of hydrogen-bond acceptors (Lipinski definition) is 2. The molecule has 0 fully saturated rings. The van der Waals surface area contributed by atoms with Crippen LogP contribution in [0.1, 0.15) is 126 Å². The molecule has 0 N–H and O–H groups in total. The van der Waals surface area contributed by atoms with Gasteiger partial charge in [-0.2, -0.15) is 0 Å². The fourth-order valence-electron chi connectivity index (χ4n) is 10.6. The molecule has 9 aromatic rings. The molecule has 0 amide bonds. The van der Waals surface area contributed by atoms with Crippen LogP contribution in [0.15, 0.2) is 170 Å². The van der Waals surface area contributed by atoms with Gasteiger partial charge in [-0.25, -0.2) is 0 Å². The third-order valence-electron chi connectivity index (χ3n) is 14.3. The zero-order valence-corrected chi connectivity index (χ0v) is 39.9. The molecule has 0 saturated heterocycles. The second-order valence-electron chi connectivity index (χ2n) is 20.2. The lowest BCUT2D eigenvalue weighted by atomic mass is 9.77. The van der Waals surface area contributed by atoms with Crippen LogP contribution in [-0.4, -0.2) is 0 Å². The molecule has 1 aliphatic rings. The van der Waals surface area contributed by atoms with E-state index in [1.165, 1.54) is 76.8 Å². The third-order valence-corrected chi connectivity index (χ3v) is 14.3. The highest BCUT2D eigenvalue weighted by atomic mass is 15.1. The molecular formula is C63H62N2. The van der Waals surface area contributed by atoms with Gasteiger partial charge in [0.25, 0.3) is 0 Å². The van der Waals surface area contributed by atoms with Crippen molar-refractivity contribution in [1.82, 2.24) is 0 Å². The third kappa shape index (κ3) is 7.28. The summed E-state index contributed by atoms with van der Waals surface area (Å²) in [5, 5.41) is 7.77. The van der Waals surface area contributed by atoms with Crippen molar-refractivity contribution in [2.24, 2.45) is 0 Å². The Balaban J connectivity index is 1.12. The lowest BCUT2D eigenvalue weighted by Crippen LogP contribution is -2.16. The van der Waals surface area contributed by atoms with Gasteiger partial charge in [-0.3, -0.25) is 0 Å². The number of fused-ring (bicyclic) bond motifs is 10. The molecule has 0 atom stereocenters. The topological polar surface area (TPSA) is 6.48 Å². The number of benzene rings is 9. The van der Waals surface area contributed by atoms with Gasteiger partial charge < -0.3 is 9.80 Å². The maximum atomic E-state index is 2.45. The first kappa shape index (κ1) is 42.3. The Labute approximate surface area is 387 Å².